The molecule has 1 saturated heterocycles. The quantitative estimate of drug-likeness (QED) is 0.601. The van der Waals surface area contributed by atoms with Gasteiger partial charge >= 0.3 is 0 Å². The van der Waals surface area contributed by atoms with Crippen LogP contribution in [0.1, 0.15) is 36.0 Å². The lowest BCUT2D eigenvalue weighted by Crippen LogP contribution is -2.30. The van der Waals surface area contributed by atoms with Crippen LogP contribution >= 0.6 is 0 Å². The summed E-state index contributed by atoms with van der Waals surface area (Å²) in [7, 11) is 0. The van der Waals surface area contributed by atoms with Crippen LogP contribution in [-0.2, 0) is 9.59 Å². The van der Waals surface area contributed by atoms with Gasteiger partial charge in [0.1, 0.15) is 5.75 Å². The number of hydrogen-bond donors (Lipinski definition) is 0. The first-order chi connectivity index (χ1) is 13.1. The van der Waals surface area contributed by atoms with Crippen LogP contribution in [0.4, 0.5) is 5.69 Å². The van der Waals surface area contributed by atoms with Gasteiger partial charge in [-0.25, -0.2) is 4.90 Å². The van der Waals surface area contributed by atoms with Gasteiger partial charge in [-0.3, -0.25) is 14.4 Å². The molecule has 0 N–H and O–H groups in total. The molecule has 1 aliphatic carbocycles. The van der Waals surface area contributed by atoms with Crippen molar-refractivity contribution in [1.82, 2.24) is 0 Å². The minimum Gasteiger partial charge on any atom is -0.485 e. The van der Waals surface area contributed by atoms with Crippen LogP contribution in [0.15, 0.2) is 54.6 Å². The number of ketones is 1. The van der Waals surface area contributed by atoms with Crippen LogP contribution in [0.5, 0.6) is 5.75 Å². The van der Waals surface area contributed by atoms with Crippen molar-refractivity contribution in [3.05, 3.63) is 60.2 Å². The van der Waals surface area contributed by atoms with Crippen LogP contribution in [0, 0.1) is 11.8 Å². The first kappa shape index (κ1) is 17.5. The van der Waals surface area contributed by atoms with Gasteiger partial charge in [0, 0.05) is 11.6 Å². The van der Waals surface area contributed by atoms with Crippen molar-refractivity contribution in [3.63, 3.8) is 0 Å². The Bertz CT molecular complexity index is 853. The van der Waals surface area contributed by atoms with Crippen LogP contribution < -0.4 is 9.64 Å². The predicted molar refractivity (Wildman–Crippen MR) is 101 cm³/mol. The fourth-order valence-corrected chi connectivity index (χ4v) is 3.99. The van der Waals surface area contributed by atoms with Crippen molar-refractivity contribution in [1.29, 1.82) is 0 Å². The minimum absolute atomic E-state index is 0.0966. The molecule has 2 fully saturated rings. The second-order valence-electron chi connectivity index (χ2n) is 7.08. The number of ether oxygens (including phenoxy) is 1. The number of fused-ring (bicyclic) bond motifs is 1. The third kappa shape index (κ3) is 3.37. The molecular formula is C22H21NO4. The van der Waals surface area contributed by atoms with E-state index < -0.39 is 0 Å². The average Bonchev–Trinajstić information content (AvgIpc) is 2.98. The Morgan fingerprint density at radius 2 is 1.59 bits per heavy atom. The third-order valence-electron chi connectivity index (χ3n) is 5.38. The summed E-state index contributed by atoms with van der Waals surface area (Å²) in [6.45, 7) is -0.0966. The number of anilines is 1. The Morgan fingerprint density at radius 1 is 0.926 bits per heavy atom. The predicted octanol–water partition coefficient (Wildman–Crippen LogP) is 3.63. The highest BCUT2D eigenvalue weighted by Gasteiger charge is 2.48. The van der Waals surface area contributed by atoms with Gasteiger partial charge in [0.15, 0.2) is 12.4 Å². The van der Waals surface area contributed by atoms with E-state index in [1.807, 2.05) is 6.07 Å². The van der Waals surface area contributed by atoms with Gasteiger partial charge in [-0.05, 0) is 25.0 Å². The zero-order chi connectivity index (χ0) is 18.8. The largest absolute Gasteiger partial charge is 0.485 e. The molecule has 2 unspecified atom stereocenters. The molecule has 4 rings (SSSR count). The van der Waals surface area contributed by atoms with E-state index in [2.05, 4.69) is 0 Å². The normalized spacial score (nSPS) is 21.9. The number of carbonyl (C=O) groups excluding carboxylic acids is 3. The standard InChI is InChI=1S/C22H21NO4/c24-20(15-7-2-1-3-8-15)14-27-17-10-6-9-16(13-17)23-21(25)18-11-4-5-12-19(18)22(23)26/h1-3,6-10,13,18-19H,4-5,11-12,14H2. The number of Topliss-reactive ketones (excluding diaryl/α,β-unsaturated/α-hetero) is 1. The SMILES string of the molecule is O=C(COc1cccc(N2C(=O)C3CCCCC3C2=O)c1)c1ccccc1. The third-order valence-corrected chi connectivity index (χ3v) is 5.38. The van der Waals surface area contributed by atoms with Gasteiger partial charge in [0.2, 0.25) is 11.8 Å². The summed E-state index contributed by atoms with van der Waals surface area (Å²) in [5.41, 5.74) is 1.10. The lowest BCUT2D eigenvalue weighted by molar-refractivity contribution is -0.122. The number of nitrogens with zero attached hydrogens (tertiary/aromatic N) is 1. The number of carbonyl (C=O) groups is 3. The Balaban J connectivity index is 1.49. The summed E-state index contributed by atoms with van der Waals surface area (Å²) in [6, 6.07) is 15.8. The Hall–Kier alpha value is -2.95. The van der Waals surface area contributed by atoms with E-state index in [4.69, 9.17) is 4.74 Å². The fraction of sp³-hybridized carbons (Fsp3) is 0.318. The molecule has 27 heavy (non-hydrogen) atoms. The molecule has 2 aromatic carbocycles. The first-order valence-electron chi connectivity index (χ1n) is 9.34. The second-order valence-corrected chi connectivity index (χ2v) is 7.08. The van der Waals surface area contributed by atoms with Crippen molar-refractivity contribution in [2.45, 2.75) is 25.7 Å². The van der Waals surface area contributed by atoms with Crippen molar-refractivity contribution in [3.8, 4) is 5.75 Å². The molecule has 0 bridgehead atoms. The number of hydrogen-bond acceptors (Lipinski definition) is 4. The monoisotopic (exact) mass is 363 g/mol. The van der Waals surface area contributed by atoms with Crippen LogP contribution in [0.3, 0.4) is 0 Å². The molecule has 0 radical (unpaired) electrons. The van der Waals surface area contributed by atoms with E-state index in [-0.39, 0.29) is 36.0 Å². The number of amides is 2. The molecule has 2 aromatic rings. The molecule has 2 atom stereocenters. The second kappa shape index (κ2) is 7.35. The lowest BCUT2D eigenvalue weighted by atomic mass is 9.81. The zero-order valence-electron chi connectivity index (χ0n) is 15.0. The summed E-state index contributed by atoms with van der Waals surface area (Å²) in [6.07, 6.45) is 3.57. The highest BCUT2D eigenvalue weighted by atomic mass is 16.5. The molecule has 5 heteroatoms. The molecule has 2 aliphatic rings. The van der Waals surface area contributed by atoms with Gasteiger partial charge in [0.25, 0.3) is 0 Å². The first-order valence-corrected chi connectivity index (χ1v) is 9.34. The summed E-state index contributed by atoms with van der Waals surface area (Å²) in [5, 5.41) is 0. The Kier molecular flexibility index (Phi) is 4.75. The van der Waals surface area contributed by atoms with E-state index in [1.54, 1.807) is 48.5 Å². The minimum atomic E-state index is -0.185. The molecule has 0 spiro atoms. The van der Waals surface area contributed by atoms with E-state index in [1.165, 1.54) is 4.90 Å². The topological polar surface area (TPSA) is 63.7 Å². The van der Waals surface area contributed by atoms with Crippen LogP contribution in [0.2, 0.25) is 0 Å². The maximum absolute atomic E-state index is 12.7. The van der Waals surface area contributed by atoms with Crippen molar-refractivity contribution in [2.75, 3.05) is 11.5 Å². The summed E-state index contributed by atoms with van der Waals surface area (Å²) < 4.78 is 5.61. The maximum atomic E-state index is 12.7. The molecule has 1 saturated carbocycles. The molecule has 0 aromatic heterocycles. The van der Waals surface area contributed by atoms with E-state index >= 15 is 0 Å². The molecule has 1 heterocycles. The molecule has 138 valence electrons. The number of imide groups is 1. The summed E-state index contributed by atoms with van der Waals surface area (Å²) >= 11 is 0. The van der Waals surface area contributed by atoms with Crippen LogP contribution in [-0.4, -0.2) is 24.2 Å². The highest BCUT2D eigenvalue weighted by Crippen LogP contribution is 2.40. The average molecular weight is 363 g/mol. The molecule has 5 nitrogen and oxygen atoms in total. The lowest BCUT2D eigenvalue weighted by Gasteiger charge is -2.19. The number of benzene rings is 2. The summed E-state index contributed by atoms with van der Waals surface area (Å²) in [4.78, 5) is 38.9. The highest BCUT2D eigenvalue weighted by molar-refractivity contribution is 6.22. The zero-order valence-corrected chi connectivity index (χ0v) is 15.0. The van der Waals surface area contributed by atoms with E-state index in [9.17, 15) is 14.4 Å². The fourth-order valence-electron chi connectivity index (χ4n) is 3.99. The van der Waals surface area contributed by atoms with Crippen LogP contribution in [0.25, 0.3) is 0 Å². The van der Waals surface area contributed by atoms with Crippen molar-refractivity contribution in [2.24, 2.45) is 11.8 Å². The van der Waals surface area contributed by atoms with Crippen molar-refractivity contribution < 1.29 is 19.1 Å². The molecular weight excluding hydrogens is 342 g/mol. The van der Waals surface area contributed by atoms with E-state index in [0.717, 1.165) is 25.7 Å². The number of rotatable bonds is 5. The van der Waals surface area contributed by atoms with Gasteiger partial charge in [-0.15, -0.1) is 0 Å². The van der Waals surface area contributed by atoms with Crippen molar-refractivity contribution >= 4 is 23.3 Å². The Labute approximate surface area is 157 Å². The maximum Gasteiger partial charge on any atom is 0.237 e. The van der Waals surface area contributed by atoms with E-state index in [0.29, 0.717) is 17.0 Å². The summed E-state index contributed by atoms with van der Waals surface area (Å²) in [5.74, 6) is -0.247. The van der Waals surface area contributed by atoms with Gasteiger partial charge in [-0.2, -0.15) is 0 Å². The smallest absolute Gasteiger partial charge is 0.237 e. The van der Waals surface area contributed by atoms with Gasteiger partial charge in [0.05, 0.1) is 17.5 Å². The molecule has 1 aliphatic heterocycles. The Morgan fingerprint density at radius 3 is 2.26 bits per heavy atom. The van der Waals surface area contributed by atoms with Gasteiger partial charge < -0.3 is 4.74 Å². The molecule has 2 amide bonds. The van der Waals surface area contributed by atoms with Gasteiger partial charge in [-0.1, -0.05) is 49.2 Å².